The molecule has 0 aromatic heterocycles. The smallest absolute Gasteiger partial charge is 0.324 e. The number of rotatable bonds is 5. The Morgan fingerprint density at radius 1 is 1.31 bits per heavy atom. The molecule has 1 aliphatic rings. The van der Waals surface area contributed by atoms with E-state index in [1.807, 2.05) is 6.92 Å². The molecule has 0 aromatic rings. The first-order valence-electron chi connectivity index (χ1n) is 5.71. The average molecular weight is 268 g/mol. The molecule has 0 atom stereocenters. The first kappa shape index (κ1) is 15.9. The second-order valence-electron chi connectivity index (χ2n) is 3.71. The van der Waals surface area contributed by atoms with Gasteiger partial charge in [-0.3, -0.25) is 4.72 Å². The number of nitrogens with one attached hydrogen (secondary N) is 2. The van der Waals surface area contributed by atoms with Gasteiger partial charge in [-0.05, 0) is 44.8 Å². The highest BCUT2D eigenvalue weighted by atomic mass is 35.5. The lowest BCUT2D eigenvalue weighted by atomic mass is 10.1. The van der Waals surface area contributed by atoms with Gasteiger partial charge in [-0.15, -0.1) is 12.4 Å². The average Bonchev–Trinajstić information content (AvgIpc) is 2.26. The van der Waals surface area contributed by atoms with E-state index in [0.717, 1.165) is 12.3 Å². The van der Waals surface area contributed by atoms with Crippen molar-refractivity contribution in [3.63, 3.8) is 0 Å². The summed E-state index contributed by atoms with van der Waals surface area (Å²) in [5.41, 5.74) is 0. The minimum Gasteiger partial charge on any atom is -0.338 e. The first-order chi connectivity index (χ1) is 7.33. The van der Waals surface area contributed by atoms with Crippen LogP contribution in [0.1, 0.15) is 26.2 Å². The Bertz CT molecular complexity index is 189. The van der Waals surface area contributed by atoms with Crippen molar-refractivity contribution >= 4 is 30.4 Å². The molecule has 6 heteroatoms. The maximum Gasteiger partial charge on any atom is 0.324 e. The summed E-state index contributed by atoms with van der Waals surface area (Å²) in [6.07, 6.45) is 4.03. The van der Waals surface area contributed by atoms with Crippen LogP contribution in [-0.2, 0) is 0 Å². The van der Waals surface area contributed by atoms with E-state index in [2.05, 4.69) is 14.9 Å². The number of nitrogens with zero attached hydrogens (tertiary/aromatic N) is 1. The van der Waals surface area contributed by atoms with Crippen LogP contribution < -0.4 is 10.0 Å². The van der Waals surface area contributed by atoms with Gasteiger partial charge >= 0.3 is 6.03 Å². The van der Waals surface area contributed by atoms with Crippen LogP contribution in [-0.4, -0.2) is 42.9 Å². The second-order valence-corrected chi connectivity index (χ2v) is 4.61. The van der Waals surface area contributed by atoms with Crippen molar-refractivity contribution in [1.82, 2.24) is 14.9 Å². The summed E-state index contributed by atoms with van der Waals surface area (Å²) in [4.78, 5) is 13.5. The van der Waals surface area contributed by atoms with Gasteiger partial charge in [-0.25, -0.2) is 4.79 Å². The zero-order valence-electron chi connectivity index (χ0n) is 9.83. The lowest BCUT2D eigenvalue weighted by Gasteiger charge is -2.25. The standard InChI is InChI=1S/C10H21N3OS.ClH/c1-2-11-10(14)12-15-9-8-13-6-4-3-5-7-13;/h2-9H2,1H3,(H2,11,12,14);1H. The van der Waals surface area contributed by atoms with Gasteiger partial charge in [-0.1, -0.05) is 6.42 Å². The Kier molecular flexibility index (Phi) is 9.97. The highest BCUT2D eigenvalue weighted by molar-refractivity contribution is 7.97. The van der Waals surface area contributed by atoms with Gasteiger partial charge in [0.25, 0.3) is 0 Å². The number of piperidine rings is 1. The highest BCUT2D eigenvalue weighted by Gasteiger charge is 2.09. The molecule has 1 saturated heterocycles. The zero-order valence-corrected chi connectivity index (χ0v) is 11.5. The van der Waals surface area contributed by atoms with Crippen molar-refractivity contribution in [2.75, 3.05) is 31.9 Å². The number of amides is 2. The van der Waals surface area contributed by atoms with Gasteiger partial charge in [0.1, 0.15) is 0 Å². The third-order valence-electron chi connectivity index (χ3n) is 2.46. The third kappa shape index (κ3) is 7.19. The Morgan fingerprint density at radius 3 is 2.62 bits per heavy atom. The van der Waals surface area contributed by atoms with Gasteiger partial charge < -0.3 is 10.2 Å². The molecule has 1 heterocycles. The van der Waals surface area contributed by atoms with Crippen molar-refractivity contribution in [1.29, 1.82) is 0 Å². The molecule has 2 N–H and O–H groups in total. The molecule has 2 amide bonds. The van der Waals surface area contributed by atoms with E-state index < -0.39 is 0 Å². The van der Waals surface area contributed by atoms with Crippen LogP contribution in [0, 0.1) is 0 Å². The van der Waals surface area contributed by atoms with Crippen molar-refractivity contribution < 1.29 is 4.79 Å². The summed E-state index contributed by atoms with van der Waals surface area (Å²) < 4.78 is 2.76. The summed E-state index contributed by atoms with van der Waals surface area (Å²) >= 11 is 1.49. The number of carbonyl (C=O) groups excluding carboxylic acids is 1. The minimum absolute atomic E-state index is 0. The molecule has 0 aromatic carbocycles. The Hall–Kier alpha value is -0.130. The Balaban J connectivity index is 0.00000225. The minimum atomic E-state index is -0.0823. The predicted molar refractivity (Wildman–Crippen MR) is 72.2 cm³/mol. The van der Waals surface area contributed by atoms with E-state index in [0.29, 0.717) is 6.54 Å². The van der Waals surface area contributed by atoms with Gasteiger partial charge in [0.2, 0.25) is 0 Å². The van der Waals surface area contributed by atoms with Crippen LogP contribution in [0.5, 0.6) is 0 Å². The molecule has 96 valence electrons. The lowest BCUT2D eigenvalue weighted by molar-refractivity contribution is 0.241. The van der Waals surface area contributed by atoms with Gasteiger partial charge in [0, 0.05) is 18.8 Å². The van der Waals surface area contributed by atoms with Gasteiger partial charge in [-0.2, -0.15) is 0 Å². The fourth-order valence-corrected chi connectivity index (χ4v) is 2.33. The Labute approximate surface area is 108 Å². The number of hydrogen-bond donors (Lipinski definition) is 2. The van der Waals surface area contributed by atoms with Crippen LogP contribution in [0.15, 0.2) is 0 Å². The predicted octanol–water partition coefficient (Wildman–Crippen LogP) is 1.86. The van der Waals surface area contributed by atoms with Gasteiger partial charge in [0.05, 0.1) is 0 Å². The monoisotopic (exact) mass is 267 g/mol. The second kappa shape index (κ2) is 10.1. The van der Waals surface area contributed by atoms with Crippen molar-refractivity contribution in [3.8, 4) is 0 Å². The quantitative estimate of drug-likeness (QED) is 0.590. The molecule has 16 heavy (non-hydrogen) atoms. The molecule has 1 fully saturated rings. The third-order valence-corrected chi connectivity index (χ3v) is 3.18. The van der Waals surface area contributed by atoms with E-state index >= 15 is 0 Å². The molecule has 1 aliphatic heterocycles. The number of likely N-dealkylation sites (tertiary alicyclic amines) is 1. The normalized spacial score (nSPS) is 16.3. The number of halogens is 1. The van der Waals surface area contributed by atoms with E-state index in [1.165, 1.54) is 44.3 Å². The van der Waals surface area contributed by atoms with Crippen LogP contribution in [0.25, 0.3) is 0 Å². The van der Waals surface area contributed by atoms with Gasteiger partial charge in [0.15, 0.2) is 0 Å². The summed E-state index contributed by atoms with van der Waals surface area (Å²) in [5, 5.41) is 2.70. The van der Waals surface area contributed by atoms with E-state index in [1.54, 1.807) is 0 Å². The maximum absolute atomic E-state index is 11.0. The molecule has 0 aliphatic carbocycles. The van der Waals surface area contributed by atoms with E-state index in [9.17, 15) is 4.79 Å². The topological polar surface area (TPSA) is 44.4 Å². The van der Waals surface area contributed by atoms with E-state index in [4.69, 9.17) is 0 Å². The molecule has 4 nitrogen and oxygen atoms in total. The fraction of sp³-hybridized carbons (Fsp3) is 0.900. The molecule has 0 radical (unpaired) electrons. The molecular formula is C10H22ClN3OS. The summed E-state index contributed by atoms with van der Waals surface area (Å²) in [6, 6.07) is -0.0823. The number of hydrogen-bond acceptors (Lipinski definition) is 3. The first-order valence-corrected chi connectivity index (χ1v) is 6.69. The van der Waals surface area contributed by atoms with Crippen LogP contribution in [0.3, 0.4) is 0 Å². The molecule has 0 unspecified atom stereocenters. The largest absolute Gasteiger partial charge is 0.338 e. The number of urea groups is 1. The molecule has 0 bridgehead atoms. The Morgan fingerprint density at radius 2 is 2.00 bits per heavy atom. The van der Waals surface area contributed by atoms with Crippen molar-refractivity contribution in [2.45, 2.75) is 26.2 Å². The van der Waals surface area contributed by atoms with E-state index in [-0.39, 0.29) is 18.4 Å². The van der Waals surface area contributed by atoms with Crippen molar-refractivity contribution in [3.05, 3.63) is 0 Å². The maximum atomic E-state index is 11.0. The molecule has 0 saturated carbocycles. The summed E-state index contributed by atoms with van der Waals surface area (Å²) in [7, 11) is 0. The molecular weight excluding hydrogens is 246 g/mol. The zero-order chi connectivity index (χ0) is 10.9. The highest BCUT2D eigenvalue weighted by Crippen LogP contribution is 2.08. The molecule has 0 spiro atoms. The van der Waals surface area contributed by atoms with Crippen LogP contribution in [0.4, 0.5) is 4.79 Å². The fourth-order valence-electron chi connectivity index (χ4n) is 1.67. The SMILES string of the molecule is CCNC(=O)NSCCN1CCCCC1.Cl. The summed E-state index contributed by atoms with van der Waals surface area (Å²) in [6.45, 7) is 6.12. The van der Waals surface area contributed by atoms with Crippen molar-refractivity contribution in [2.24, 2.45) is 0 Å². The van der Waals surface area contributed by atoms with Crippen LogP contribution in [0.2, 0.25) is 0 Å². The molecule has 1 rings (SSSR count). The lowest BCUT2D eigenvalue weighted by Crippen LogP contribution is -2.34. The summed E-state index contributed by atoms with van der Waals surface area (Å²) in [5.74, 6) is 0.969. The number of carbonyl (C=O) groups is 1. The van der Waals surface area contributed by atoms with Crippen LogP contribution >= 0.6 is 24.4 Å².